The number of hydrogen-bond acceptors (Lipinski definition) is 1. The Morgan fingerprint density at radius 1 is 1.30 bits per heavy atom. The molecule has 0 unspecified atom stereocenters. The molecule has 0 saturated carbocycles. The molecule has 1 aliphatic heterocycles. The Bertz CT molecular complexity index is 191. The predicted molar refractivity (Wildman–Crippen MR) is 40.5 cm³/mol. The maximum atomic E-state index is 3.36. The van der Waals surface area contributed by atoms with E-state index in [0.717, 1.165) is 6.67 Å². The molecular weight excluding hydrogens is 124 g/mol. The second-order valence-corrected chi connectivity index (χ2v) is 2.91. The fourth-order valence-corrected chi connectivity index (χ4v) is 1.62. The van der Waals surface area contributed by atoms with E-state index in [4.69, 9.17) is 0 Å². The van der Waals surface area contributed by atoms with Crippen molar-refractivity contribution in [3.63, 3.8) is 0 Å². The minimum atomic E-state index is 0.916. The highest BCUT2D eigenvalue weighted by molar-refractivity contribution is 5.75. The zero-order valence-electron chi connectivity index (χ0n) is 6.11. The fraction of sp³-hybridized carbons (Fsp3) is 0.625. The van der Waals surface area contributed by atoms with E-state index in [0.29, 0.717) is 0 Å². The molecule has 0 aromatic heterocycles. The van der Waals surface area contributed by atoms with Crippen LogP contribution in [-0.4, -0.2) is 12.9 Å². The SMILES string of the molecule is C1=[NH+]CNC2=C1CCCC2. The first kappa shape index (κ1) is 5.96. The van der Waals surface area contributed by atoms with Crippen LogP contribution >= 0.6 is 0 Å². The maximum absolute atomic E-state index is 3.36. The summed E-state index contributed by atoms with van der Waals surface area (Å²) in [5.41, 5.74) is 2.97. The molecule has 0 fully saturated rings. The minimum Gasteiger partial charge on any atom is -0.334 e. The van der Waals surface area contributed by atoms with Crippen molar-refractivity contribution < 1.29 is 4.99 Å². The lowest BCUT2D eigenvalue weighted by Gasteiger charge is -2.18. The molecule has 0 radical (unpaired) electrons. The van der Waals surface area contributed by atoms with E-state index in [9.17, 15) is 0 Å². The molecule has 0 atom stereocenters. The Hall–Kier alpha value is -0.790. The molecule has 10 heavy (non-hydrogen) atoms. The lowest BCUT2D eigenvalue weighted by atomic mass is 9.96. The highest BCUT2D eigenvalue weighted by Gasteiger charge is 2.15. The van der Waals surface area contributed by atoms with E-state index in [-0.39, 0.29) is 0 Å². The molecule has 0 aromatic carbocycles. The molecule has 0 saturated heterocycles. The van der Waals surface area contributed by atoms with Crippen molar-refractivity contribution in [2.24, 2.45) is 0 Å². The third kappa shape index (κ3) is 0.939. The average Bonchev–Trinajstić information content (AvgIpc) is 2.05. The number of allylic oxidation sites excluding steroid dienone is 2. The van der Waals surface area contributed by atoms with Crippen molar-refractivity contribution >= 4 is 6.21 Å². The predicted octanol–water partition coefficient (Wildman–Crippen LogP) is -0.473. The molecular formula is C8H13N2+. The molecule has 2 aliphatic rings. The van der Waals surface area contributed by atoms with Crippen molar-refractivity contribution in [2.75, 3.05) is 6.67 Å². The van der Waals surface area contributed by atoms with Crippen LogP contribution in [0.1, 0.15) is 25.7 Å². The van der Waals surface area contributed by atoms with Gasteiger partial charge >= 0.3 is 0 Å². The first-order chi connectivity index (χ1) is 4.97. The van der Waals surface area contributed by atoms with Crippen LogP contribution in [0.15, 0.2) is 11.3 Å². The van der Waals surface area contributed by atoms with Crippen LogP contribution in [0.5, 0.6) is 0 Å². The van der Waals surface area contributed by atoms with Gasteiger partial charge in [0.1, 0.15) is 0 Å². The number of nitrogens with one attached hydrogen (secondary N) is 2. The summed E-state index contributed by atoms with van der Waals surface area (Å²) in [6.07, 6.45) is 7.40. The van der Waals surface area contributed by atoms with Gasteiger partial charge in [0, 0.05) is 11.3 Å². The second kappa shape index (κ2) is 2.45. The van der Waals surface area contributed by atoms with Gasteiger partial charge in [-0.05, 0) is 25.7 Å². The Morgan fingerprint density at radius 2 is 2.20 bits per heavy atom. The molecule has 2 rings (SSSR count). The van der Waals surface area contributed by atoms with E-state index < -0.39 is 0 Å². The Labute approximate surface area is 61.0 Å². The lowest BCUT2D eigenvalue weighted by Crippen LogP contribution is -2.75. The minimum absolute atomic E-state index is 0.916. The van der Waals surface area contributed by atoms with Crippen LogP contribution in [0.4, 0.5) is 0 Å². The number of rotatable bonds is 0. The van der Waals surface area contributed by atoms with Crippen LogP contribution in [0, 0.1) is 0 Å². The maximum Gasteiger partial charge on any atom is 0.214 e. The summed E-state index contributed by atoms with van der Waals surface area (Å²) < 4.78 is 0. The summed E-state index contributed by atoms with van der Waals surface area (Å²) in [5, 5.41) is 3.36. The normalized spacial score (nSPS) is 24.0. The van der Waals surface area contributed by atoms with Crippen LogP contribution in [0.2, 0.25) is 0 Å². The second-order valence-electron chi connectivity index (χ2n) is 2.91. The van der Waals surface area contributed by atoms with Gasteiger partial charge in [0.2, 0.25) is 6.67 Å². The van der Waals surface area contributed by atoms with Crippen molar-refractivity contribution in [3.8, 4) is 0 Å². The van der Waals surface area contributed by atoms with Gasteiger partial charge in [-0.15, -0.1) is 0 Å². The van der Waals surface area contributed by atoms with Gasteiger partial charge < -0.3 is 5.32 Å². The highest BCUT2D eigenvalue weighted by atomic mass is 15.0. The van der Waals surface area contributed by atoms with Crippen molar-refractivity contribution in [3.05, 3.63) is 11.3 Å². The Morgan fingerprint density at radius 3 is 3.10 bits per heavy atom. The smallest absolute Gasteiger partial charge is 0.214 e. The summed E-state index contributed by atoms with van der Waals surface area (Å²) >= 11 is 0. The fourth-order valence-electron chi connectivity index (χ4n) is 1.62. The first-order valence-corrected chi connectivity index (χ1v) is 3.99. The van der Waals surface area contributed by atoms with E-state index >= 15 is 0 Å². The van der Waals surface area contributed by atoms with Crippen molar-refractivity contribution in [2.45, 2.75) is 25.7 Å². The molecule has 2 heteroatoms. The summed E-state index contributed by atoms with van der Waals surface area (Å²) in [5.74, 6) is 0. The molecule has 54 valence electrons. The molecule has 0 bridgehead atoms. The molecule has 1 heterocycles. The summed E-state index contributed by atoms with van der Waals surface area (Å²) in [4.78, 5) is 3.19. The van der Waals surface area contributed by atoms with Gasteiger partial charge in [0.25, 0.3) is 0 Å². The van der Waals surface area contributed by atoms with E-state index in [1.54, 1.807) is 0 Å². The van der Waals surface area contributed by atoms with Crippen LogP contribution in [-0.2, 0) is 0 Å². The number of hydrogen-bond donors (Lipinski definition) is 2. The first-order valence-electron chi connectivity index (χ1n) is 3.99. The zero-order chi connectivity index (χ0) is 6.81. The average molecular weight is 137 g/mol. The molecule has 0 spiro atoms. The van der Waals surface area contributed by atoms with Gasteiger partial charge in [0.05, 0.1) is 0 Å². The summed E-state index contributed by atoms with van der Waals surface area (Å²) in [6.45, 7) is 0.916. The third-order valence-electron chi connectivity index (χ3n) is 2.19. The molecule has 0 aromatic rings. The topological polar surface area (TPSA) is 26.0 Å². The van der Waals surface area contributed by atoms with Gasteiger partial charge in [-0.3, -0.25) is 0 Å². The van der Waals surface area contributed by atoms with Gasteiger partial charge in [0.15, 0.2) is 6.21 Å². The lowest BCUT2D eigenvalue weighted by molar-refractivity contribution is -0.458. The van der Waals surface area contributed by atoms with Crippen LogP contribution < -0.4 is 10.3 Å². The van der Waals surface area contributed by atoms with E-state index in [1.807, 2.05) is 0 Å². The summed E-state index contributed by atoms with van der Waals surface area (Å²) in [6, 6.07) is 0. The van der Waals surface area contributed by atoms with Crippen molar-refractivity contribution in [1.29, 1.82) is 0 Å². The van der Waals surface area contributed by atoms with E-state index in [1.165, 1.54) is 37.0 Å². The van der Waals surface area contributed by atoms with Crippen LogP contribution in [0.3, 0.4) is 0 Å². The molecule has 1 aliphatic carbocycles. The summed E-state index contributed by atoms with van der Waals surface area (Å²) in [7, 11) is 0. The van der Waals surface area contributed by atoms with E-state index in [2.05, 4.69) is 16.5 Å². The molecule has 2 nitrogen and oxygen atoms in total. The highest BCUT2D eigenvalue weighted by Crippen LogP contribution is 2.20. The largest absolute Gasteiger partial charge is 0.334 e. The van der Waals surface area contributed by atoms with Gasteiger partial charge in [-0.25, -0.2) is 4.99 Å². The van der Waals surface area contributed by atoms with Gasteiger partial charge in [-0.2, -0.15) is 0 Å². The third-order valence-corrected chi connectivity index (χ3v) is 2.19. The zero-order valence-corrected chi connectivity index (χ0v) is 6.11. The van der Waals surface area contributed by atoms with Gasteiger partial charge in [-0.1, -0.05) is 0 Å². The quantitative estimate of drug-likeness (QED) is 0.463. The standard InChI is InChI=1S/C8H12N2/c1-2-4-8-7(3-1)5-9-6-10-8/h5,10H,1-4,6H2/p+1. The monoisotopic (exact) mass is 137 g/mol. The molecule has 2 N–H and O–H groups in total. The molecule has 0 amide bonds. The van der Waals surface area contributed by atoms with Crippen LogP contribution in [0.25, 0.3) is 0 Å². The Balaban J connectivity index is 2.23. The van der Waals surface area contributed by atoms with Crippen molar-refractivity contribution in [1.82, 2.24) is 5.32 Å². The Kier molecular flexibility index (Phi) is 1.46.